The number of nitrogens with zero attached hydrogens (tertiary/aromatic N) is 2. The molecule has 0 aliphatic heterocycles. The third kappa shape index (κ3) is 3.85. The van der Waals surface area contributed by atoms with E-state index in [-0.39, 0.29) is 5.56 Å². The molecule has 0 radical (unpaired) electrons. The number of thioether (sulfide) groups is 1. The number of benzene rings is 1. The van der Waals surface area contributed by atoms with E-state index in [4.69, 9.17) is 0 Å². The molecule has 0 spiro atoms. The van der Waals surface area contributed by atoms with Crippen molar-refractivity contribution in [2.75, 3.05) is 0 Å². The van der Waals surface area contributed by atoms with Crippen LogP contribution in [0.4, 0.5) is 0 Å². The Hall–Kier alpha value is -1.59. The van der Waals surface area contributed by atoms with E-state index >= 15 is 0 Å². The second kappa shape index (κ2) is 6.89. The Morgan fingerprint density at radius 3 is 2.78 bits per heavy atom. The zero-order chi connectivity index (χ0) is 16.4. The molecule has 0 bridgehead atoms. The van der Waals surface area contributed by atoms with E-state index in [1.165, 1.54) is 16.7 Å². The second-order valence-corrected chi connectivity index (χ2v) is 7.49. The van der Waals surface area contributed by atoms with Crippen LogP contribution in [0.5, 0.6) is 0 Å². The van der Waals surface area contributed by atoms with Crippen LogP contribution in [0.3, 0.4) is 0 Å². The molecule has 1 aromatic carbocycles. The molecule has 5 heteroatoms. The maximum atomic E-state index is 12.2. The number of aryl methyl sites for hydroxylation is 2. The van der Waals surface area contributed by atoms with Crippen molar-refractivity contribution in [3.63, 3.8) is 0 Å². The monoisotopic (exact) mass is 388 g/mol. The first-order chi connectivity index (χ1) is 11.0. The summed E-state index contributed by atoms with van der Waals surface area (Å²) in [6.45, 7) is 4.24. The minimum absolute atomic E-state index is 0.0429. The van der Waals surface area contributed by atoms with Crippen LogP contribution in [0.2, 0.25) is 0 Å². The van der Waals surface area contributed by atoms with E-state index in [1.54, 1.807) is 28.4 Å². The molecule has 2 aromatic heterocycles. The molecule has 0 N–H and O–H groups in total. The van der Waals surface area contributed by atoms with Crippen molar-refractivity contribution in [2.24, 2.45) is 0 Å². The summed E-state index contributed by atoms with van der Waals surface area (Å²) in [4.78, 5) is 16.7. The maximum absolute atomic E-state index is 12.2. The van der Waals surface area contributed by atoms with Crippen LogP contribution in [0.15, 0.2) is 51.9 Å². The highest BCUT2D eigenvalue weighted by Crippen LogP contribution is 2.20. The summed E-state index contributed by atoms with van der Waals surface area (Å²) in [5.74, 6) is 1.66. The van der Waals surface area contributed by atoms with Gasteiger partial charge in [0.05, 0.1) is 5.69 Å². The Bertz CT molecular complexity index is 921. The van der Waals surface area contributed by atoms with Gasteiger partial charge < -0.3 is 0 Å². The normalized spacial score (nSPS) is 11.1. The fourth-order valence-electron chi connectivity index (χ4n) is 2.42. The van der Waals surface area contributed by atoms with E-state index < -0.39 is 0 Å². The number of hydrogen-bond donors (Lipinski definition) is 0. The molecule has 118 valence electrons. The van der Waals surface area contributed by atoms with Gasteiger partial charge in [0.25, 0.3) is 5.56 Å². The van der Waals surface area contributed by atoms with Crippen LogP contribution < -0.4 is 5.56 Å². The van der Waals surface area contributed by atoms with Crippen LogP contribution in [0.25, 0.3) is 5.65 Å². The summed E-state index contributed by atoms with van der Waals surface area (Å²) in [7, 11) is 0. The standard InChI is InChI=1S/C18H17BrN2OS/c1-12-3-4-13(2)14(7-12)10-23-11-16-8-18(22)21-9-15(19)5-6-17(21)20-16/h3-9H,10-11H2,1-2H3. The molecule has 0 atom stereocenters. The van der Waals surface area contributed by atoms with Gasteiger partial charge in [-0.05, 0) is 53.0 Å². The number of fused-ring (bicyclic) bond motifs is 1. The number of aromatic nitrogens is 2. The number of rotatable bonds is 4. The summed E-state index contributed by atoms with van der Waals surface area (Å²) in [6.07, 6.45) is 1.75. The van der Waals surface area contributed by atoms with E-state index in [0.717, 1.165) is 21.7 Å². The molecule has 2 heterocycles. The molecule has 3 aromatic rings. The predicted octanol–water partition coefficient (Wildman–Crippen LogP) is 4.51. The van der Waals surface area contributed by atoms with E-state index in [2.05, 4.69) is 53.0 Å². The average Bonchev–Trinajstić information content (AvgIpc) is 2.51. The molecule has 0 fully saturated rings. The van der Waals surface area contributed by atoms with Crippen molar-refractivity contribution in [2.45, 2.75) is 25.4 Å². The van der Waals surface area contributed by atoms with Gasteiger partial charge >= 0.3 is 0 Å². The van der Waals surface area contributed by atoms with Crippen LogP contribution in [0.1, 0.15) is 22.4 Å². The molecule has 3 rings (SSSR count). The lowest BCUT2D eigenvalue weighted by molar-refractivity contribution is 1.01. The maximum Gasteiger partial charge on any atom is 0.258 e. The van der Waals surface area contributed by atoms with Gasteiger partial charge in [-0.15, -0.1) is 0 Å². The van der Waals surface area contributed by atoms with Crippen LogP contribution >= 0.6 is 27.7 Å². The molecule has 0 saturated heterocycles. The zero-order valence-electron chi connectivity index (χ0n) is 13.0. The molecule has 0 unspecified atom stereocenters. The summed E-state index contributed by atoms with van der Waals surface area (Å²) in [6, 6.07) is 11.9. The third-order valence-electron chi connectivity index (χ3n) is 3.69. The summed E-state index contributed by atoms with van der Waals surface area (Å²) in [5.41, 5.74) is 5.39. The van der Waals surface area contributed by atoms with E-state index in [9.17, 15) is 4.79 Å². The Morgan fingerprint density at radius 1 is 1.13 bits per heavy atom. The van der Waals surface area contributed by atoms with Crippen molar-refractivity contribution in [1.29, 1.82) is 0 Å². The highest BCUT2D eigenvalue weighted by atomic mass is 79.9. The Labute approximate surface area is 147 Å². The van der Waals surface area contributed by atoms with Crippen molar-refractivity contribution in [3.8, 4) is 0 Å². The highest BCUT2D eigenvalue weighted by molar-refractivity contribution is 9.10. The van der Waals surface area contributed by atoms with Gasteiger partial charge in [-0.1, -0.05) is 23.8 Å². The van der Waals surface area contributed by atoms with Gasteiger partial charge in [-0.2, -0.15) is 11.8 Å². The smallest absolute Gasteiger partial charge is 0.258 e. The fourth-order valence-corrected chi connectivity index (χ4v) is 3.75. The lowest BCUT2D eigenvalue weighted by atomic mass is 10.1. The Kier molecular flexibility index (Phi) is 4.87. The molecular formula is C18H17BrN2OS. The van der Waals surface area contributed by atoms with Crippen LogP contribution in [0, 0.1) is 13.8 Å². The highest BCUT2D eigenvalue weighted by Gasteiger charge is 2.05. The topological polar surface area (TPSA) is 34.4 Å². The van der Waals surface area contributed by atoms with Crippen molar-refractivity contribution in [3.05, 3.63) is 79.8 Å². The Morgan fingerprint density at radius 2 is 1.96 bits per heavy atom. The number of halogens is 1. The largest absolute Gasteiger partial charge is 0.269 e. The minimum atomic E-state index is -0.0429. The first kappa shape index (κ1) is 16.3. The average molecular weight is 389 g/mol. The third-order valence-corrected chi connectivity index (χ3v) is 5.17. The summed E-state index contributed by atoms with van der Waals surface area (Å²) < 4.78 is 2.43. The quantitative estimate of drug-likeness (QED) is 0.659. The predicted molar refractivity (Wildman–Crippen MR) is 100 cm³/mol. The lowest BCUT2D eigenvalue weighted by Gasteiger charge is -2.08. The first-order valence-corrected chi connectivity index (χ1v) is 9.29. The van der Waals surface area contributed by atoms with Gasteiger partial charge in [0, 0.05) is 28.2 Å². The molecule has 0 aliphatic rings. The van der Waals surface area contributed by atoms with Gasteiger partial charge in [0.15, 0.2) is 0 Å². The first-order valence-electron chi connectivity index (χ1n) is 7.34. The number of pyridine rings is 1. The fraction of sp³-hybridized carbons (Fsp3) is 0.222. The van der Waals surface area contributed by atoms with Gasteiger partial charge in [-0.25, -0.2) is 4.98 Å². The molecule has 0 saturated carbocycles. The van der Waals surface area contributed by atoms with Crippen molar-refractivity contribution < 1.29 is 0 Å². The van der Waals surface area contributed by atoms with Crippen LogP contribution in [-0.2, 0) is 11.5 Å². The summed E-state index contributed by atoms with van der Waals surface area (Å²) >= 11 is 5.16. The van der Waals surface area contributed by atoms with Gasteiger partial charge in [-0.3, -0.25) is 9.20 Å². The van der Waals surface area contributed by atoms with E-state index in [0.29, 0.717) is 5.65 Å². The SMILES string of the molecule is Cc1ccc(C)c(CSCc2cc(=O)n3cc(Br)ccc3n2)c1. The molecule has 0 aliphatic carbocycles. The van der Waals surface area contributed by atoms with Crippen molar-refractivity contribution in [1.82, 2.24) is 9.38 Å². The zero-order valence-corrected chi connectivity index (χ0v) is 15.4. The van der Waals surface area contributed by atoms with Crippen LogP contribution in [-0.4, -0.2) is 9.38 Å². The number of hydrogen-bond acceptors (Lipinski definition) is 3. The molecule has 3 nitrogen and oxygen atoms in total. The van der Waals surface area contributed by atoms with E-state index in [1.807, 2.05) is 12.1 Å². The minimum Gasteiger partial charge on any atom is -0.269 e. The van der Waals surface area contributed by atoms with Gasteiger partial charge in [0.2, 0.25) is 0 Å². The van der Waals surface area contributed by atoms with Crippen molar-refractivity contribution >= 4 is 33.3 Å². The molecular weight excluding hydrogens is 372 g/mol. The van der Waals surface area contributed by atoms with Gasteiger partial charge in [0.1, 0.15) is 5.65 Å². The molecule has 0 amide bonds. The second-order valence-electron chi connectivity index (χ2n) is 5.58. The molecule has 23 heavy (non-hydrogen) atoms. The lowest BCUT2D eigenvalue weighted by Crippen LogP contribution is -2.15. The summed E-state index contributed by atoms with van der Waals surface area (Å²) in [5, 5.41) is 0. The Balaban J connectivity index is 1.76.